The Kier molecular flexibility index (Phi) is 2.79. The first kappa shape index (κ1) is 12.8. The molecule has 5 nitrogen and oxygen atoms in total. The van der Waals surface area contributed by atoms with Gasteiger partial charge in [0.25, 0.3) is 0 Å². The number of nitrogens with one attached hydrogen (secondary N) is 1. The Labute approximate surface area is 126 Å². The maximum atomic E-state index is 11.2. The van der Waals surface area contributed by atoms with Crippen molar-refractivity contribution in [3.8, 4) is 22.8 Å². The Morgan fingerprint density at radius 1 is 1.14 bits per heavy atom. The van der Waals surface area contributed by atoms with E-state index in [1.54, 1.807) is 0 Å². The molecule has 0 unspecified atom stereocenters. The third kappa shape index (κ3) is 1.98. The van der Waals surface area contributed by atoms with E-state index in [1.807, 2.05) is 42.5 Å². The molecule has 0 atom stereocenters. The van der Waals surface area contributed by atoms with Crippen LogP contribution in [0.2, 0.25) is 0 Å². The average Bonchev–Trinajstić information content (AvgIpc) is 3.11. The third-order valence-electron chi connectivity index (χ3n) is 3.80. The van der Waals surface area contributed by atoms with Gasteiger partial charge in [-0.3, -0.25) is 4.79 Å². The van der Waals surface area contributed by atoms with Crippen molar-refractivity contribution in [2.24, 2.45) is 0 Å². The topological polar surface area (TPSA) is 71.6 Å². The Hall–Kier alpha value is -2.95. The molecule has 1 aliphatic heterocycles. The lowest BCUT2D eigenvalue weighted by Crippen LogP contribution is -2.00. The molecule has 0 amide bonds. The summed E-state index contributed by atoms with van der Waals surface area (Å²) in [5.41, 5.74) is 3.40. The lowest BCUT2D eigenvalue weighted by atomic mass is 10.0. The quantitative estimate of drug-likeness (QED) is 0.778. The van der Waals surface area contributed by atoms with Crippen molar-refractivity contribution in [1.82, 2.24) is 4.98 Å². The zero-order valence-corrected chi connectivity index (χ0v) is 11.6. The van der Waals surface area contributed by atoms with Gasteiger partial charge in [-0.15, -0.1) is 0 Å². The largest absolute Gasteiger partial charge is 0.481 e. The number of carbonyl (C=O) groups is 1. The van der Waals surface area contributed by atoms with Crippen molar-refractivity contribution in [2.75, 3.05) is 6.79 Å². The van der Waals surface area contributed by atoms with Crippen molar-refractivity contribution in [3.05, 3.63) is 48.0 Å². The maximum absolute atomic E-state index is 11.2. The molecule has 1 aromatic heterocycles. The second-order valence-corrected chi connectivity index (χ2v) is 5.16. The highest BCUT2D eigenvalue weighted by atomic mass is 16.7. The van der Waals surface area contributed by atoms with Gasteiger partial charge in [-0.05, 0) is 29.8 Å². The monoisotopic (exact) mass is 295 g/mol. The molecule has 5 heteroatoms. The van der Waals surface area contributed by atoms with E-state index in [1.165, 1.54) is 0 Å². The minimum Gasteiger partial charge on any atom is -0.481 e. The van der Waals surface area contributed by atoms with Crippen LogP contribution in [-0.4, -0.2) is 22.9 Å². The number of H-pyrrole nitrogens is 1. The highest BCUT2D eigenvalue weighted by Crippen LogP contribution is 2.38. The van der Waals surface area contributed by atoms with Crippen LogP contribution in [0.4, 0.5) is 0 Å². The lowest BCUT2D eigenvalue weighted by molar-refractivity contribution is -0.136. The molecule has 0 aliphatic carbocycles. The van der Waals surface area contributed by atoms with Crippen LogP contribution in [0.5, 0.6) is 11.5 Å². The van der Waals surface area contributed by atoms with Gasteiger partial charge in [-0.1, -0.05) is 18.2 Å². The summed E-state index contributed by atoms with van der Waals surface area (Å²) >= 11 is 0. The van der Waals surface area contributed by atoms with Gasteiger partial charge in [0, 0.05) is 16.5 Å². The number of rotatable bonds is 3. The molecule has 1 aliphatic rings. The van der Waals surface area contributed by atoms with Gasteiger partial charge >= 0.3 is 5.97 Å². The Bertz CT molecular complexity index is 881. The summed E-state index contributed by atoms with van der Waals surface area (Å²) in [4.78, 5) is 14.5. The zero-order valence-electron chi connectivity index (χ0n) is 11.6. The van der Waals surface area contributed by atoms with E-state index in [-0.39, 0.29) is 13.2 Å². The SMILES string of the molecule is O=C(O)Cc1c(-c2ccc3c(c2)OCO3)[nH]c2ccccc12. The molecule has 22 heavy (non-hydrogen) atoms. The van der Waals surface area contributed by atoms with Crippen LogP contribution in [0.1, 0.15) is 5.56 Å². The fraction of sp³-hybridized carbons (Fsp3) is 0.118. The lowest BCUT2D eigenvalue weighted by Gasteiger charge is -2.04. The van der Waals surface area contributed by atoms with Gasteiger partial charge in [-0.25, -0.2) is 0 Å². The van der Waals surface area contributed by atoms with Crippen molar-refractivity contribution in [1.29, 1.82) is 0 Å². The minimum atomic E-state index is -0.855. The molecule has 0 spiro atoms. The summed E-state index contributed by atoms with van der Waals surface area (Å²) in [6.07, 6.45) is -0.0339. The van der Waals surface area contributed by atoms with Crippen LogP contribution in [0, 0.1) is 0 Å². The number of carboxylic acid groups (broad SMARTS) is 1. The summed E-state index contributed by atoms with van der Waals surface area (Å²) in [7, 11) is 0. The molecule has 2 aromatic carbocycles. The van der Waals surface area contributed by atoms with Gasteiger partial charge in [0.2, 0.25) is 6.79 Å². The van der Waals surface area contributed by atoms with Gasteiger partial charge < -0.3 is 19.6 Å². The van der Waals surface area contributed by atoms with E-state index in [4.69, 9.17) is 9.47 Å². The number of fused-ring (bicyclic) bond motifs is 2. The summed E-state index contributed by atoms with van der Waals surface area (Å²) in [5, 5.41) is 10.1. The smallest absolute Gasteiger partial charge is 0.307 e. The molecule has 0 bridgehead atoms. The molecule has 110 valence electrons. The number of hydrogen-bond donors (Lipinski definition) is 2. The van der Waals surface area contributed by atoms with Crippen LogP contribution in [0.3, 0.4) is 0 Å². The number of ether oxygens (including phenoxy) is 2. The molecule has 0 saturated carbocycles. The fourth-order valence-corrected chi connectivity index (χ4v) is 2.83. The van der Waals surface area contributed by atoms with E-state index in [0.717, 1.165) is 27.7 Å². The van der Waals surface area contributed by atoms with E-state index in [0.29, 0.717) is 11.5 Å². The molecule has 0 saturated heterocycles. The first-order valence-electron chi connectivity index (χ1n) is 6.94. The van der Waals surface area contributed by atoms with Crippen LogP contribution >= 0.6 is 0 Å². The Morgan fingerprint density at radius 3 is 2.82 bits per heavy atom. The molecule has 0 fully saturated rings. The molecular formula is C17H13NO4. The predicted octanol–water partition coefficient (Wildman–Crippen LogP) is 3.19. The van der Waals surface area contributed by atoms with Crippen molar-refractivity contribution >= 4 is 16.9 Å². The first-order valence-corrected chi connectivity index (χ1v) is 6.94. The fourth-order valence-electron chi connectivity index (χ4n) is 2.83. The summed E-state index contributed by atoms with van der Waals surface area (Å²) in [6.45, 7) is 0.216. The molecule has 4 rings (SSSR count). The molecule has 3 aromatic rings. The number of aromatic amines is 1. The number of aliphatic carboxylic acids is 1. The van der Waals surface area contributed by atoms with Gasteiger partial charge in [0.1, 0.15) is 0 Å². The third-order valence-corrected chi connectivity index (χ3v) is 3.80. The van der Waals surface area contributed by atoms with E-state index in [2.05, 4.69) is 4.98 Å². The molecule has 2 heterocycles. The Balaban J connectivity index is 1.92. The first-order chi connectivity index (χ1) is 10.7. The summed E-state index contributed by atoms with van der Waals surface area (Å²) in [6, 6.07) is 13.3. The van der Waals surface area contributed by atoms with Crippen molar-refractivity contribution in [3.63, 3.8) is 0 Å². The summed E-state index contributed by atoms with van der Waals surface area (Å²) < 4.78 is 10.7. The van der Waals surface area contributed by atoms with Crippen LogP contribution in [0.25, 0.3) is 22.2 Å². The molecular weight excluding hydrogens is 282 g/mol. The number of hydrogen-bond acceptors (Lipinski definition) is 3. The number of aromatic nitrogens is 1. The summed E-state index contributed by atoms with van der Waals surface area (Å²) in [5.74, 6) is 0.531. The van der Waals surface area contributed by atoms with Gasteiger partial charge in [-0.2, -0.15) is 0 Å². The highest BCUT2D eigenvalue weighted by Gasteiger charge is 2.19. The molecule has 2 N–H and O–H groups in total. The van der Waals surface area contributed by atoms with Gasteiger partial charge in [0.15, 0.2) is 11.5 Å². The van der Waals surface area contributed by atoms with Crippen molar-refractivity contribution in [2.45, 2.75) is 6.42 Å². The van der Waals surface area contributed by atoms with Gasteiger partial charge in [0.05, 0.1) is 12.1 Å². The van der Waals surface area contributed by atoms with E-state index < -0.39 is 5.97 Å². The predicted molar refractivity (Wildman–Crippen MR) is 81.2 cm³/mol. The van der Waals surface area contributed by atoms with E-state index >= 15 is 0 Å². The second kappa shape index (κ2) is 4.80. The number of carboxylic acids is 1. The second-order valence-electron chi connectivity index (χ2n) is 5.16. The number of benzene rings is 2. The van der Waals surface area contributed by atoms with Crippen LogP contribution < -0.4 is 9.47 Å². The van der Waals surface area contributed by atoms with Crippen molar-refractivity contribution < 1.29 is 19.4 Å². The minimum absolute atomic E-state index is 0.0339. The Morgan fingerprint density at radius 2 is 1.95 bits per heavy atom. The maximum Gasteiger partial charge on any atom is 0.307 e. The average molecular weight is 295 g/mol. The van der Waals surface area contributed by atoms with Crippen LogP contribution in [-0.2, 0) is 11.2 Å². The molecule has 0 radical (unpaired) electrons. The highest BCUT2D eigenvalue weighted by molar-refractivity contribution is 5.94. The standard InChI is InChI=1S/C17H13NO4/c19-16(20)8-12-11-3-1-2-4-13(11)18-17(12)10-5-6-14-15(7-10)22-9-21-14/h1-7,18H,8-9H2,(H,19,20). The number of para-hydroxylation sites is 1. The normalized spacial score (nSPS) is 12.7. The van der Waals surface area contributed by atoms with E-state index in [9.17, 15) is 9.90 Å². The zero-order chi connectivity index (χ0) is 15.1. The van der Waals surface area contributed by atoms with Crippen LogP contribution in [0.15, 0.2) is 42.5 Å².